The van der Waals surface area contributed by atoms with Crippen LogP contribution >= 0.6 is 0 Å². The number of carbonyl (C=O) groups is 1. The topological polar surface area (TPSA) is 96.3 Å². The van der Waals surface area contributed by atoms with Crippen LogP contribution in [0.2, 0.25) is 0 Å². The minimum absolute atomic E-state index is 0.0504. The molecule has 2 aromatic heterocycles. The lowest BCUT2D eigenvalue weighted by molar-refractivity contribution is 0.0643. The SMILES string of the molecule is CCCOc1ccc(C(=O)N2CCN(CC)CC2)cc1-c1nc2cc3ncn(Cc4ccc(F)cc4)c3cc2c(=O)[nH]1. The summed E-state index contributed by atoms with van der Waals surface area (Å²) in [6.07, 6.45) is 2.51. The van der Waals surface area contributed by atoms with E-state index in [2.05, 4.69) is 21.8 Å². The highest BCUT2D eigenvalue weighted by molar-refractivity contribution is 5.97. The molecule has 0 spiro atoms. The maximum atomic E-state index is 13.4. The first-order valence-electron chi connectivity index (χ1n) is 14.4. The van der Waals surface area contributed by atoms with E-state index >= 15 is 0 Å². The molecule has 0 aliphatic carbocycles. The Bertz CT molecular complexity index is 1810. The Hall–Kier alpha value is -4.57. The molecule has 3 heterocycles. The largest absolute Gasteiger partial charge is 0.493 e. The van der Waals surface area contributed by atoms with Gasteiger partial charge in [-0.2, -0.15) is 0 Å². The van der Waals surface area contributed by atoms with E-state index in [1.165, 1.54) is 12.1 Å². The molecule has 0 atom stereocenters. The molecule has 1 fully saturated rings. The van der Waals surface area contributed by atoms with E-state index in [1.807, 2.05) is 16.4 Å². The van der Waals surface area contributed by atoms with Crippen molar-refractivity contribution in [1.29, 1.82) is 0 Å². The second kappa shape index (κ2) is 11.7. The van der Waals surface area contributed by atoms with Crippen molar-refractivity contribution in [3.63, 3.8) is 0 Å². The third-order valence-corrected chi connectivity index (χ3v) is 7.76. The molecule has 10 heteroatoms. The van der Waals surface area contributed by atoms with Crippen LogP contribution in [0.3, 0.4) is 0 Å². The fraction of sp³-hybridized carbons (Fsp3) is 0.312. The molecule has 0 radical (unpaired) electrons. The Kier molecular flexibility index (Phi) is 7.71. The predicted octanol–water partition coefficient (Wildman–Crippen LogP) is 4.69. The summed E-state index contributed by atoms with van der Waals surface area (Å²) >= 11 is 0. The number of rotatable bonds is 8. The van der Waals surface area contributed by atoms with Crippen molar-refractivity contribution < 1.29 is 13.9 Å². The van der Waals surface area contributed by atoms with Gasteiger partial charge < -0.3 is 24.1 Å². The fourth-order valence-corrected chi connectivity index (χ4v) is 5.37. The van der Waals surface area contributed by atoms with Gasteiger partial charge in [0.2, 0.25) is 0 Å². The Balaban J connectivity index is 1.37. The summed E-state index contributed by atoms with van der Waals surface area (Å²) in [4.78, 5) is 43.3. The average molecular weight is 569 g/mol. The molecule has 0 unspecified atom stereocenters. The predicted molar refractivity (Wildman–Crippen MR) is 160 cm³/mol. The highest BCUT2D eigenvalue weighted by atomic mass is 19.1. The lowest BCUT2D eigenvalue weighted by atomic mass is 10.1. The summed E-state index contributed by atoms with van der Waals surface area (Å²) in [5.41, 5.74) is 3.64. The first-order chi connectivity index (χ1) is 20.4. The first kappa shape index (κ1) is 27.6. The van der Waals surface area contributed by atoms with E-state index in [0.717, 1.165) is 37.1 Å². The van der Waals surface area contributed by atoms with Gasteiger partial charge in [0.05, 0.1) is 40.4 Å². The van der Waals surface area contributed by atoms with Crippen molar-refractivity contribution in [1.82, 2.24) is 29.3 Å². The third kappa shape index (κ3) is 5.49. The number of fused-ring (bicyclic) bond motifs is 2. The van der Waals surface area contributed by atoms with Crippen LogP contribution in [0.15, 0.2) is 65.7 Å². The molecule has 5 aromatic rings. The molecular weight excluding hydrogens is 535 g/mol. The van der Waals surface area contributed by atoms with Gasteiger partial charge >= 0.3 is 0 Å². The highest BCUT2D eigenvalue weighted by Crippen LogP contribution is 2.31. The number of carbonyl (C=O) groups excluding carboxylic acids is 1. The Morgan fingerprint density at radius 3 is 2.52 bits per heavy atom. The number of piperazine rings is 1. The third-order valence-electron chi connectivity index (χ3n) is 7.76. The number of aromatic nitrogens is 4. The first-order valence-corrected chi connectivity index (χ1v) is 14.4. The number of H-pyrrole nitrogens is 1. The van der Waals surface area contributed by atoms with Gasteiger partial charge in [0, 0.05) is 38.3 Å². The van der Waals surface area contributed by atoms with Gasteiger partial charge in [0.25, 0.3) is 11.5 Å². The van der Waals surface area contributed by atoms with Crippen LogP contribution in [0, 0.1) is 5.82 Å². The number of amides is 1. The molecule has 6 rings (SSSR count). The van der Waals surface area contributed by atoms with Crippen molar-refractivity contribution in [2.75, 3.05) is 39.3 Å². The number of likely N-dealkylation sites (N-methyl/N-ethyl adjacent to an activating group) is 1. The molecule has 1 saturated heterocycles. The molecular formula is C32H33FN6O3. The number of imidazole rings is 1. The summed E-state index contributed by atoms with van der Waals surface area (Å²) in [5.74, 6) is 0.540. The van der Waals surface area contributed by atoms with E-state index in [1.54, 1.807) is 48.8 Å². The van der Waals surface area contributed by atoms with Crippen molar-refractivity contribution in [3.8, 4) is 17.1 Å². The zero-order chi connectivity index (χ0) is 29.2. The number of ether oxygens (including phenoxy) is 1. The second-order valence-corrected chi connectivity index (χ2v) is 10.6. The number of nitrogens with zero attached hydrogens (tertiary/aromatic N) is 5. The maximum absolute atomic E-state index is 13.4. The van der Waals surface area contributed by atoms with E-state index in [9.17, 15) is 14.0 Å². The van der Waals surface area contributed by atoms with Gasteiger partial charge in [0.1, 0.15) is 17.4 Å². The van der Waals surface area contributed by atoms with Gasteiger partial charge in [-0.1, -0.05) is 26.0 Å². The lowest BCUT2D eigenvalue weighted by Crippen LogP contribution is -2.48. The van der Waals surface area contributed by atoms with Gasteiger partial charge in [-0.3, -0.25) is 9.59 Å². The molecule has 1 aliphatic heterocycles. The number of hydrogen-bond acceptors (Lipinski definition) is 6. The van der Waals surface area contributed by atoms with Crippen molar-refractivity contribution in [2.45, 2.75) is 26.8 Å². The van der Waals surface area contributed by atoms with Crippen LogP contribution in [0.5, 0.6) is 5.75 Å². The molecule has 0 saturated carbocycles. The van der Waals surface area contributed by atoms with Gasteiger partial charge in [-0.25, -0.2) is 14.4 Å². The number of nitrogens with one attached hydrogen (secondary N) is 1. The molecule has 216 valence electrons. The van der Waals surface area contributed by atoms with Crippen LogP contribution in [-0.4, -0.2) is 74.6 Å². The minimum atomic E-state index is -0.305. The van der Waals surface area contributed by atoms with Gasteiger partial charge in [0.15, 0.2) is 0 Å². The monoisotopic (exact) mass is 568 g/mol. The normalized spacial score (nSPS) is 14.1. The summed E-state index contributed by atoms with van der Waals surface area (Å²) in [6, 6.07) is 15.2. The van der Waals surface area contributed by atoms with Crippen LogP contribution in [0.25, 0.3) is 33.3 Å². The molecule has 42 heavy (non-hydrogen) atoms. The zero-order valence-electron chi connectivity index (χ0n) is 23.8. The quantitative estimate of drug-likeness (QED) is 0.292. The number of halogens is 1. The summed E-state index contributed by atoms with van der Waals surface area (Å²) in [7, 11) is 0. The molecule has 3 aromatic carbocycles. The van der Waals surface area contributed by atoms with Gasteiger partial charge in [-0.05, 0) is 61.0 Å². The number of hydrogen-bond donors (Lipinski definition) is 1. The van der Waals surface area contributed by atoms with Crippen molar-refractivity contribution in [3.05, 3.63) is 88.2 Å². The van der Waals surface area contributed by atoms with E-state index in [0.29, 0.717) is 65.4 Å². The minimum Gasteiger partial charge on any atom is -0.493 e. The van der Waals surface area contributed by atoms with Crippen molar-refractivity contribution in [2.24, 2.45) is 0 Å². The van der Waals surface area contributed by atoms with Crippen molar-refractivity contribution >= 4 is 27.8 Å². The molecule has 1 aliphatic rings. The van der Waals surface area contributed by atoms with E-state index < -0.39 is 0 Å². The fourth-order valence-electron chi connectivity index (χ4n) is 5.37. The highest BCUT2D eigenvalue weighted by Gasteiger charge is 2.23. The number of benzene rings is 3. The lowest BCUT2D eigenvalue weighted by Gasteiger charge is -2.34. The molecule has 9 nitrogen and oxygen atoms in total. The van der Waals surface area contributed by atoms with Crippen LogP contribution in [-0.2, 0) is 6.54 Å². The Morgan fingerprint density at radius 2 is 1.79 bits per heavy atom. The van der Waals surface area contributed by atoms with Gasteiger partial charge in [-0.15, -0.1) is 0 Å². The zero-order valence-corrected chi connectivity index (χ0v) is 23.8. The van der Waals surface area contributed by atoms with E-state index in [-0.39, 0.29) is 17.3 Å². The Morgan fingerprint density at radius 1 is 1.00 bits per heavy atom. The van der Waals surface area contributed by atoms with Crippen LogP contribution < -0.4 is 10.3 Å². The second-order valence-electron chi connectivity index (χ2n) is 10.6. The molecule has 1 N–H and O–H groups in total. The standard InChI is InChI=1S/C32H33FN6O3/c1-3-15-42-29-10-7-22(32(41)38-13-11-37(4-2)12-14-38)16-25(29)30-35-26-18-27-28(17-24(26)31(40)36-30)39(20-34-27)19-21-5-8-23(33)9-6-21/h5-10,16-18,20H,3-4,11-15,19H2,1-2H3,(H,35,36,40). The maximum Gasteiger partial charge on any atom is 0.259 e. The smallest absolute Gasteiger partial charge is 0.259 e. The summed E-state index contributed by atoms with van der Waals surface area (Å²) in [6.45, 7) is 9.13. The average Bonchev–Trinajstić information content (AvgIpc) is 3.41. The molecule has 0 bridgehead atoms. The van der Waals surface area contributed by atoms with Crippen LogP contribution in [0.4, 0.5) is 4.39 Å². The summed E-state index contributed by atoms with van der Waals surface area (Å²) in [5, 5.41) is 0.421. The van der Waals surface area contributed by atoms with Crippen LogP contribution in [0.1, 0.15) is 36.2 Å². The summed E-state index contributed by atoms with van der Waals surface area (Å²) < 4.78 is 21.3. The van der Waals surface area contributed by atoms with E-state index in [4.69, 9.17) is 9.72 Å². The molecule has 1 amide bonds. The Labute approximate surface area is 242 Å². The number of aromatic amines is 1.